The topological polar surface area (TPSA) is 55.3 Å². The van der Waals surface area contributed by atoms with E-state index in [2.05, 4.69) is 20.3 Å². The average Bonchev–Trinajstić information content (AvgIpc) is 2.88. The Balaban J connectivity index is 1.85. The molecule has 1 aliphatic carbocycles. The lowest BCUT2D eigenvalue weighted by Gasteiger charge is -2.10. The van der Waals surface area contributed by atoms with Crippen molar-refractivity contribution in [2.24, 2.45) is 0 Å². The average molecular weight is 283 g/mol. The van der Waals surface area contributed by atoms with Gasteiger partial charge in [-0.05, 0) is 31.2 Å². The van der Waals surface area contributed by atoms with E-state index in [9.17, 15) is 0 Å². The standard InChI is InChI=1S/C15H14N4S/c1-2-4-12-11(3-1)13-14(17-9-18-15(13)20-12)19-10-5-7-16-8-6-10/h5-9H,1-4H2,(H,16,17,18,19)/p+1. The van der Waals surface area contributed by atoms with Crippen molar-refractivity contribution in [3.8, 4) is 0 Å². The van der Waals surface area contributed by atoms with Crippen molar-refractivity contribution < 1.29 is 5.32 Å². The van der Waals surface area contributed by atoms with Crippen LogP contribution in [0.2, 0.25) is 0 Å². The van der Waals surface area contributed by atoms with Crippen molar-refractivity contribution in [1.82, 2.24) is 15.0 Å². The fourth-order valence-corrected chi connectivity index (χ4v) is 4.08. The van der Waals surface area contributed by atoms with Gasteiger partial charge in [-0.3, -0.25) is 10.3 Å². The number of hydrogen-bond acceptors (Lipinski definition) is 4. The summed E-state index contributed by atoms with van der Waals surface area (Å²) in [5.74, 6) is 1.04. The maximum atomic E-state index is 4.50. The smallest absolute Gasteiger partial charge is 0.241 e. The maximum Gasteiger partial charge on any atom is 0.241 e. The van der Waals surface area contributed by atoms with Crippen molar-refractivity contribution >= 4 is 33.1 Å². The first-order chi connectivity index (χ1) is 9.92. The molecule has 3 aromatic rings. The van der Waals surface area contributed by atoms with E-state index < -0.39 is 0 Å². The molecule has 4 rings (SSSR count). The Morgan fingerprint density at radius 3 is 2.80 bits per heavy atom. The summed E-state index contributed by atoms with van der Waals surface area (Å²) in [6, 6.07) is 4.01. The molecule has 0 amide bonds. The summed E-state index contributed by atoms with van der Waals surface area (Å²) < 4.78 is 0. The zero-order valence-corrected chi connectivity index (χ0v) is 11.9. The molecule has 4 nitrogen and oxygen atoms in total. The summed E-state index contributed by atoms with van der Waals surface area (Å²) in [5, 5.41) is 3.40. The minimum atomic E-state index is 1.04. The third-order valence-corrected chi connectivity index (χ3v) is 4.99. The fourth-order valence-electron chi connectivity index (χ4n) is 2.84. The summed E-state index contributed by atoms with van der Waals surface area (Å²) in [5.41, 5.74) is 2.62. The Morgan fingerprint density at radius 2 is 1.90 bits per heavy atom. The van der Waals surface area contributed by atoms with Crippen molar-refractivity contribution in [3.63, 3.8) is 0 Å². The summed E-state index contributed by atoms with van der Waals surface area (Å²) in [4.78, 5) is 15.7. The number of quaternary nitrogens is 1. The van der Waals surface area contributed by atoms with Gasteiger partial charge in [-0.15, -0.1) is 11.3 Å². The van der Waals surface area contributed by atoms with Crippen LogP contribution in [0.15, 0.2) is 30.9 Å². The van der Waals surface area contributed by atoms with Gasteiger partial charge in [0.25, 0.3) is 0 Å². The van der Waals surface area contributed by atoms with Crippen LogP contribution >= 0.6 is 11.3 Å². The number of nitrogens with zero attached hydrogens (tertiary/aromatic N) is 3. The number of pyridine rings is 1. The molecular formula is C15H15N4S+. The van der Waals surface area contributed by atoms with E-state index in [4.69, 9.17) is 0 Å². The molecule has 0 bridgehead atoms. The predicted molar refractivity (Wildman–Crippen MR) is 79.5 cm³/mol. The lowest BCUT2D eigenvalue weighted by atomic mass is 9.97. The highest BCUT2D eigenvalue weighted by Gasteiger charge is 2.21. The monoisotopic (exact) mass is 283 g/mol. The van der Waals surface area contributed by atoms with Crippen molar-refractivity contribution in [2.75, 3.05) is 0 Å². The second-order valence-electron chi connectivity index (χ2n) is 5.07. The quantitative estimate of drug-likeness (QED) is 0.786. The van der Waals surface area contributed by atoms with Gasteiger partial charge in [0.15, 0.2) is 0 Å². The number of aromatic nitrogens is 3. The van der Waals surface area contributed by atoms with Gasteiger partial charge in [-0.2, -0.15) is 4.98 Å². The highest BCUT2D eigenvalue weighted by atomic mass is 32.1. The van der Waals surface area contributed by atoms with E-state index in [0.717, 1.165) is 16.3 Å². The first-order valence-electron chi connectivity index (χ1n) is 6.92. The van der Waals surface area contributed by atoms with Gasteiger partial charge in [0.2, 0.25) is 5.82 Å². The zero-order valence-electron chi connectivity index (χ0n) is 11.0. The number of hydrogen-bond donors (Lipinski definition) is 1. The number of aryl methyl sites for hydroxylation is 2. The van der Waals surface area contributed by atoms with Crippen LogP contribution in [-0.4, -0.2) is 15.0 Å². The molecular weight excluding hydrogens is 268 g/mol. The summed E-state index contributed by atoms with van der Waals surface area (Å²) in [7, 11) is 0. The van der Waals surface area contributed by atoms with Gasteiger partial charge in [-0.25, -0.2) is 4.98 Å². The highest BCUT2D eigenvalue weighted by Crippen LogP contribution is 2.37. The predicted octanol–water partition coefficient (Wildman–Crippen LogP) is 2.49. The zero-order chi connectivity index (χ0) is 13.4. The first kappa shape index (κ1) is 11.9. The van der Waals surface area contributed by atoms with Crippen LogP contribution in [0.3, 0.4) is 0 Å². The largest absolute Gasteiger partial charge is 0.264 e. The highest BCUT2D eigenvalue weighted by molar-refractivity contribution is 7.18. The second kappa shape index (κ2) is 4.92. The lowest BCUT2D eigenvalue weighted by molar-refractivity contribution is -0.481. The van der Waals surface area contributed by atoms with Gasteiger partial charge < -0.3 is 0 Å². The summed E-state index contributed by atoms with van der Waals surface area (Å²) >= 11 is 1.84. The molecule has 0 aliphatic heterocycles. The minimum absolute atomic E-state index is 1.04. The minimum Gasteiger partial charge on any atom is -0.264 e. The molecule has 0 fully saturated rings. The molecule has 0 radical (unpaired) electrons. The molecule has 0 saturated carbocycles. The van der Waals surface area contributed by atoms with E-state index in [1.165, 1.54) is 41.5 Å². The van der Waals surface area contributed by atoms with Gasteiger partial charge >= 0.3 is 0 Å². The Bertz CT molecular complexity index is 751. The van der Waals surface area contributed by atoms with Crippen LogP contribution in [0.25, 0.3) is 10.2 Å². The molecule has 20 heavy (non-hydrogen) atoms. The molecule has 5 heteroatoms. The summed E-state index contributed by atoms with van der Waals surface area (Å²) in [6.07, 6.45) is 10.3. The van der Waals surface area contributed by atoms with E-state index in [1.807, 2.05) is 35.9 Å². The van der Waals surface area contributed by atoms with Gasteiger partial charge in [0.1, 0.15) is 16.8 Å². The van der Waals surface area contributed by atoms with E-state index in [1.54, 1.807) is 6.33 Å². The Kier molecular flexibility index (Phi) is 2.94. The molecule has 0 unspecified atom stereocenters. The van der Waals surface area contributed by atoms with Crippen LogP contribution in [0, 0.1) is 0 Å². The molecule has 2 N–H and O–H groups in total. The van der Waals surface area contributed by atoms with Crippen molar-refractivity contribution in [2.45, 2.75) is 25.7 Å². The third kappa shape index (κ3) is 1.99. The van der Waals surface area contributed by atoms with Crippen LogP contribution in [0.4, 0.5) is 11.5 Å². The molecule has 0 atom stereocenters. The Labute approximate surface area is 120 Å². The van der Waals surface area contributed by atoms with Crippen LogP contribution < -0.4 is 5.32 Å². The molecule has 3 aromatic heterocycles. The van der Waals surface area contributed by atoms with Crippen LogP contribution in [-0.2, 0) is 12.8 Å². The van der Waals surface area contributed by atoms with E-state index in [-0.39, 0.29) is 0 Å². The van der Waals surface area contributed by atoms with Crippen LogP contribution in [0.5, 0.6) is 0 Å². The molecule has 100 valence electrons. The molecule has 0 spiro atoms. The second-order valence-corrected chi connectivity index (χ2v) is 6.16. The number of thiophene rings is 1. The van der Waals surface area contributed by atoms with Gasteiger partial charge in [-0.1, -0.05) is 0 Å². The number of fused-ring (bicyclic) bond motifs is 3. The lowest BCUT2D eigenvalue weighted by Crippen LogP contribution is -2.71. The molecule has 1 aliphatic rings. The number of nitrogens with two attached hydrogens (primary N) is 1. The molecule has 0 saturated heterocycles. The Hall–Kier alpha value is -1.85. The van der Waals surface area contributed by atoms with E-state index >= 15 is 0 Å². The normalized spacial score (nSPS) is 14.4. The fraction of sp³-hybridized carbons (Fsp3) is 0.267. The van der Waals surface area contributed by atoms with Crippen LogP contribution in [0.1, 0.15) is 23.3 Å². The van der Waals surface area contributed by atoms with Gasteiger partial charge in [0, 0.05) is 29.4 Å². The third-order valence-electron chi connectivity index (χ3n) is 3.79. The maximum absolute atomic E-state index is 4.50. The first-order valence-corrected chi connectivity index (χ1v) is 7.73. The molecule has 3 heterocycles. The summed E-state index contributed by atoms with van der Waals surface area (Å²) in [6.45, 7) is 0. The number of rotatable bonds is 2. The van der Waals surface area contributed by atoms with Crippen molar-refractivity contribution in [1.29, 1.82) is 0 Å². The van der Waals surface area contributed by atoms with Crippen molar-refractivity contribution in [3.05, 3.63) is 41.3 Å². The van der Waals surface area contributed by atoms with Gasteiger partial charge in [0.05, 0.1) is 5.39 Å². The van der Waals surface area contributed by atoms with E-state index in [0.29, 0.717) is 0 Å². The Morgan fingerprint density at radius 1 is 1.05 bits per heavy atom. The molecule has 0 aromatic carbocycles. The SMILES string of the molecule is c1cc([NH2+]c2ncnc3sc4c(c23)CCCC4)ccn1.